The fourth-order valence-electron chi connectivity index (χ4n) is 6.94. The average molecular weight is 860 g/mol. The maximum absolute atomic E-state index is 12.7. The molecule has 0 aromatic rings. The summed E-state index contributed by atoms with van der Waals surface area (Å²) in [5, 5.41) is 12.9. The first-order valence-corrected chi connectivity index (χ1v) is 25.5. The fourth-order valence-corrected chi connectivity index (χ4v) is 7.68. The molecule has 0 radical (unpaired) electrons. The molecule has 13 heteroatoms. The first kappa shape index (κ1) is 57.0. The molecule has 0 aliphatic rings. The van der Waals surface area contributed by atoms with Gasteiger partial charge in [-0.25, -0.2) is 0 Å². The van der Waals surface area contributed by atoms with E-state index in [0.29, 0.717) is 12.8 Å². The Balaban J connectivity index is 4.46. The van der Waals surface area contributed by atoms with Crippen LogP contribution in [0.15, 0.2) is 0 Å². The van der Waals surface area contributed by atoms with Crippen LogP contribution in [-0.4, -0.2) is 56.3 Å². The van der Waals surface area contributed by atoms with Crippen LogP contribution in [0.1, 0.15) is 239 Å². The number of ether oxygens (including phenoxy) is 2. The number of carboxylic acid groups (broad SMARTS) is 1. The standard InChI is InChI=1S/C46H88NO11P/c1-3-5-7-9-11-13-15-17-19-21-23-25-27-29-31-36-45(51)55-40-42(41-57-59(53,54)56-39-38-47-43(48)34-33-35-44(49)50)58-46(52)37-32-30-28-26-24-22-20-18-16-14-12-10-8-6-4-2/h42H,3-41H2,1-2H3,(H,47,48)(H,49,50)(H,53,54)/p-2/t42-/m1/s1. The van der Waals surface area contributed by atoms with Crippen LogP contribution in [0.5, 0.6) is 0 Å². The molecule has 0 fully saturated rings. The van der Waals surface area contributed by atoms with Gasteiger partial charge in [0.15, 0.2) is 6.10 Å². The lowest BCUT2D eigenvalue weighted by Gasteiger charge is -2.25. The van der Waals surface area contributed by atoms with Gasteiger partial charge in [-0.2, -0.15) is 0 Å². The van der Waals surface area contributed by atoms with Crippen LogP contribution in [0.2, 0.25) is 0 Å². The zero-order chi connectivity index (χ0) is 43.5. The van der Waals surface area contributed by atoms with Crippen molar-refractivity contribution in [2.45, 2.75) is 245 Å². The fraction of sp³-hybridized carbons (Fsp3) is 0.913. The monoisotopic (exact) mass is 860 g/mol. The van der Waals surface area contributed by atoms with Crippen LogP contribution in [0, 0.1) is 0 Å². The van der Waals surface area contributed by atoms with Crippen LogP contribution in [0.3, 0.4) is 0 Å². The van der Waals surface area contributed by atoms with Crippen molar-refractivity contribution >= 4 is 31.6 Å². The van der Waals surface area contributed by atoms with Crippen LogP contribution in [0.4, 0.5) is 0 Å². The molecule has 12 nitrogen and oxygen atoms in total. The van der Waals surface area contributed by atoms with Gasteiger partial charge in [-0.3, -0.25) is 18.9 Å². The van der Waals surface area contributed by atoms with Crippen molar-refractivity contribution in [3.05, 3.63) is 0 Å². The van der Waals surface area contributed by atoms with Crippen molar-refractivity contribution in [2.75, 3.05) is 26.4 Å². The van der Waals surface area contributed by atoms with Gasteiger partial charge in [0.05, 0.1) is 13.2 Å². The van der Waals surface area contributed by atoms with Gasteiger partial charge in [-0.15, -0.1) is 0 Å². The Hall–Kier alpha value is -2.01. The minimum atomic E-state index is -4.85. The second kappa shape index (κ2) is 42.7. The van der Waals surface area contributed by atoms with E-state index < -0.39 is 51.0 Å². The first-order chi connectivity index (χ1) is 28.6. The number of carbonyl (C=O) groups excluding carboxylic acids is 4. The van der Waals surface area contributed by atoms with Gasteiger partial charge >= 0.3 is 11.9 Å². The normalized spacial score (nSPS) is 12.9. The van der Waals surface area contributed by atoms with E-state index in [-0.39, 0.29) is 45.3 Å². The summed E-state index contributed by atoms with van der Waals surface area (Å²) in [5.41, 5.74) is 0. The van der Waals surface area contributed by atoms with E-state index in [1.807, 2.05) is 0 Å². The summed E-state index contributed by atoms with van der Waals surface area (Å²) < 4.78 is 33.1. The molecule has 0 bridgehead atoms. The Morgan fingerprint density at radius 2 is 0.881 bits per heavy atom. The van der Waals surface area contributed by atoms with Crippen molar-refractivity contribution < 1.29 is 52.3 Å². The molecule has 59 heavy (non-hydrogen) atoms. The Bertz CT molecular complexity index is 1060. The summed E-state index contributed by atoms with van der Waals surface area (Å²) in [6.07, 6.45) is 35.5. The van der Waals surface area contributed by atoms with Gasteiger partial charge in [0.25, 0.3) is 7.82 Å². The molecule has 1 unspecified atom stereocenters. The molecule has 0 aromatic heterocycles. The lowest BCUT2D eigenvalue weighted by Crippen LogP contribution is -2.31. The number of esters is 2. The molecule has 348 valence electrons. The van der Waals surface area contributed by atoms with E-state index in [2.05, 4.69) is 19.2 Å². The van der Waals surface area contributed by atoms with Crippen LogP contribution in [-0.2, 0) is 42.3 Å². The highest BCUT2D eigenvalue weighted by Gasteiger charge is 2.21. The quantitative estimate of drug-likeness (QED) is 0.0349. The number of rotatable bonds is 46. The van der Waals surface area contributed by atoms with Crippen molar-refractivity contribution in [1.29, 1.82) is 0 Å². The molecule has 2 atom stereocenters. The molecular formula is C46H86NO11P-2. The van der Waals surface area contributed by atoms with Gasteiger partial charge in [-0.1, -0.05) is 194 Å². The first-order valence-electron chi connectivity index (χ1n) is 24.0. The Morgan fingerprint density at radius 1 is 0.492 bits per heavy atom. The number of aliphatic carboxylic acids is 1. The van der Waals surface area contributed by atoms with Crippen LogP contribution >= 0.6 is 7.82 Å². The van der Waals surface area contributed by atoms with Crippen molar-refractivity contribution in [1.82, 2.24) is 5.32 Å². The number of amides is 1. The Labute approximate surface area is 359 Å². The van der Waals surface area contributed by atoms with Crippen LogP contribution < -0.4 is 15.3 Å². The molecule has 1 N–H and O–H groups in total. The topological polar surface area (TPSA) is 180 Å². The van der Waals surface area contributed by atoms with Crippen molar-refractivity contribution in [3.8, 4) is 0 Å². The van der Waals surface area contributed by atoms with E-state index in [0.717, 1.165) is 38.5 Å². The molecular weight excluding hydrogens is 773 g/mol. The maximum Gasteiger partial charge on any atom is 0.306 e. The lowest BCUT2D eigenvalue weighted by atomic mass is 10.0. The van der Waals surface area contributed by atoms with E-state index in [1.54, 1.807) is 0 Å². The minimum absolute atomic E-state index is 0.0515. The number of nitrogens with one attached hydrogen (secondary N) is 1. The molecule has 0 saturated carbocycles. The summed E-state index contributed by atoms with van der Waals surface area (Å²) >= 11 is 0. The molecule has 0 aliphatic carbocycles. The van der Waals surface area contributed by atoms with Crippen molar-refractivity contribution in [2.24, 2.45) is 0 Å². The summed E-state index contributed by atoms with van der Waals surface area (Å²) in [6.45, 7) is 3.00. The maximum atomic E-state index is 12.7. The molecule has 0 aliphatic heterocycles. The number of hydrogen-bond acceptors (Lipinski definition) is 11. The highest BCUT2D eigenvalue weighted by molar-refractivity contribution is 7.45. The minimum Gasteiger partial charge on any atom is -0.756 e. The van der Waals surface area contributed by atoms with Gasteiger partial charge < -0.3 is 38.6 Å². The molecule has 0 aromatic carbocycles. The second-order valence-corrected chi connectivity index (χ2v) is 17.8. The lowest BCUT2D eigenvalue weighted by molar-refractivity contribution is -0.305. The zero-order valence-corrected chi connectivity index (χ0v) is 38.5. The smallest absolute Gasteiger partial charge is 0.306 e. The molecule has 0 rings (SSSR count). The number of hydrogen-bond donors (Lipinski definition) is 1. The van der Waals surface area contributed by atoms with Gasteiger partial charge in [0, 0.05) is 31.8 Å². The van der Waals surface area contributed by atoms with E-state index in [4.69, 9.17) is 18.5 Å². The van der Waals surface area contributed by atoms with Gasteiger partial charge in [0.2, 0.25) is 5.91 Å². The molecule has 1 amide bonds. The summed E-state index contributed by atoms with van der Waals surface area (Å²) in [6, 6.07) is 0. The SMILES string of the molecule is CCCCCCCCCCCCCCCCCC(=O)OC[C@H](COP(=O)([O-])OCCNC(=O)CCCC(=O)[O-])OC(=O)CCCCCCCCCCCCCCCCC. The largest absolute Gasteiger partial charge is 0.756 e. The van der Waals surface area contributed by atoms with Gasteiger partial charge in [0.1, 0.15) is 6.61 Å². The number of unbranched alkanes of at least 4 members (excludes halogenated alkanes) is 28. The summed E-state index contributed by atoms with van der Waals surface area (Å²) in [7, 11) is -4.85. The number of carbonyl (C=O) groups is 4. The highest BCUT2D eigenvalue weighted by atomic mass is 31.2. The Kier molecular flexibility index (Phi) is 41.2. The number of carboxylic acids is 1. The number of phosphoric ester groups is 1. The summed E-state index contributed by atoms with van der Waals surface area (Å²) in [4.78, 5) is 59.9. The third-order valence-corrected chi connectivity index (χ3v) is 11.5. The number of phosphoric acid groups is 1. The van der Waals surface area contributed by atoms with Crippen molar-refractivity contribution in [3.63, 3.8) is 0 Å². The Morgan fingerprint density at radius 3 is 1.29 bits per heavy atom. The van der Waals surface area contributed by atoms with E-state index in [1.165, 1.54) is 141 Å². The van der Waals surface area contributed by atoms with Crippen LogP contribution in [0.25, 0.3) is 0 Å². The second-order valence-electron chi connectivity index (χ2n) is 16.3. The molecule has 0 saturated heterocycles. The third kappa shape index (κ3) is 43.9. The molecule has 0 heterocycles. The third-order valence-electron chi connectivity index (χ3n) is 10.6. The predicted octanol–water partition coefficient (Wildman–Crippen LogP) is 10.5. The zero-order valence-electron chi connectivity index (χ0n) is 37.6. The van der Waals surface area contributed by atoms with E-state index >= 15 is 0 Å². The summed E-state index contributed by atoms with van der Waals surface area (Å²) in [5.74, 6) is -2.67. The van der Waals surface area contributed by atoms with E-state index in [9.17, 15) is 33.7 Å². The highest BCUT2D eigenvalue weighted by Crippen LogP contribution is 2.38. The predicted molar refractivity (Wildman–Crippen MR) is 231 cm³/mol. The molecule has 0 spiro atoms. The van der Waals surface area contributed by atoms with Gasteiger partial charge in [-0.05, 0) is 25.7 Å². The average Bonchev–Trinajstić information content (AvgIpc) is 3.20.